The largest absolute Gasteiger partial charge is 0.489 e. The van der Waals surface area contributed by atoms with Crippen LogP contribution in [-0.4, -0.2) is 19.3 Å². The smallest absolute Gasteiger partial charge is 0.239 e. The minimum Gasteiger partial charge on any atom is -0.489 e. The van der Waals surface area contributed by atoms with Crippen molar-refractivity contribution in [1.29, 1.82) is 0 Å². The van der Waals surface area contributed by atoms with E-state index in [-0.39, 0.29) is 12.2 Å². The molecular weight excluding hydrogens is 456 g/mol. The Hall–Kier alpha value is -2.71. The first-order chi connectivity index (χ1) is 13.9. The summed E-state index contributed by atoms with van der Waals surface area (Å²) in [5.41, 5.74) is 2.29. The van der Waals surface area contributed by atoms with E-state index in [0.717, 1.165) is 10.0 Å². The van der Waals surface area contributed by atoms with Gasteiger partial charge in [0.25, 0.3) is 0 Å². The third-order valence-electron chi connectivity index (χ3n) is 3.98. The third kappa shape index (κ3) is 6.99. The fourth-order valence-electron chi connectivity index (χ4n) is 2.58. The zero-order chi connectivity index (χ0) is 20.7. The zero-order valence-electron chi connectivity index (χ0n) is 15.4. The average molecular weight is 475 g/mol. The van der Waals surface area contributed by atoms with Gasteiger partial charge in [-0.25, -0.2) is 8.42 Å². The molecule has 0 atom stereocenters. The molecule has 0 bridgehead atoms. The fraction of sp³-hybridized carbons (Fsp3) is 0.143. The molecule has 0 aliphatic heterocycles. The van der Waals surface area contributed by atoms with Crippen LogP contribution in [0.1, 0.15) is 16.7 Å². The van der Waals surface area contributed by atoms with Crippen LogP contribution in [0.2, 0.25) is 0 Å². The maximum Gasteiger partial charge on any atom is 0.239 e. The van der Waals surface area contributed by atoms with Crippen molar-refractivity contribution in [2.24, 2.45) is 0 Å². The highest BCUT2D eigenvalue weighted by molar-refractivity contribution is 9.10. The standard InChI is InChI=1S/C21H19BrN2O4S/c22-19-5-1-18(2-6-19)15-29(26,27)24-21(25)13-16-3-7-20(8-4-16)28-14-17-9-11-23-12-10-17/h1-12H,13-15H2,(H,24,25). The van der Waals surface area contributed by atoms with Crippen LogP contribution in [0.15, 0.2) is 77.5 Å². The lowest BCUT2D eigenvalue weighted by atomic mass is 10.1. The first kappa shape index (κ1) is 21.0. The van der Waals surface area contributed by atoms with E-state index in [0.29, 0.717) is 23.5 Å². The lowest BCUT2D eigenvalue weighted by molar-refractivity contribution is -0.118. The monoisotopic (exact) mass is 474 g/mol. The number of nitrogens with one attached hydrogen (secondary N) is 1. The summed E-state index contributed by atoms with van der Waals surface area (Å²) in [5, 5.41) is 0. The van der Waals surface area contributed by atoms with Gasteiger partial charge in [-0.15, -0.1) is 0 Å². The topological polar surface area (TPSA) is 85.4 Å². The number of carbonyl (C=O) groups is 1. The van der Waals surface area contributed by atoms with Crippen LogP contribution in [0.5, 0.6) is 5.75 Å². The molecule has 1 heterocycles. The Labute approximate surface area is 178 Å². The van der Waals surface area contributed by atoms with E-state index >= 15 is 0 Å². The lowest BCUT2D eigenvalue weighted by Crippen LogP contribution is -2.32. The second kappa shape index (κ2) is 9.67. The van der Waals surface area contributed by atoms with E-state index in [1.165, 1.54) is 0 Å². The summed E-state index contributed by atoms with van der Waals surface area (Å²) in [5.74, 6) is -0.172. The summed E-state index contributed by atoms with van der Waals surface area (Å²) in [7, 11) is -3.76. The molecule has 6 nitrogen and oxygen atoms in total. The highest BCUT2D eigenvalue weighted by Gasteiger charge is 2.16. The maximum atomic E-state index is 12.2. The summed E-state index contributed by atoms with van der Waals surface area (Å²) in [4.78, 5) is 16.1. The number of ether oxygens (including phenoxy) is 1. The van der Waals surface area contributed by atoms with E-state index in [2.05, 4.69) is 25.6 Å². The van der Waals surface area contributed by atoms with E-state index in [1.807, 2.05) is 12.1 Å². The quantitative estimate of drug-likeness (QED) is 0.538. The Morgan fingerprint density at radius 3 is 2.17 bits per heavy atom. The average Bonchev–Trinajstić information content (AvgIpc) is 2.69. The van der Waals surface area contributed by atoms with Gasteiger partial charge in [0, 0.05) is 16.9 Å². The van der Waals surface area contributed by atoms with Crippen molar-refractivity contribution in [2.45, 2.75) is 18.8 Å². The molecule has 2 aromatic carbocycles. The van der Waals surface area contributed by atoms with Crippen LogP contribution in [0.25, 0.3) is 0 Å². The molecular formula is C21H19BrN2O4S. The number of pyridine rings is 1. The van der Waals surface area contributed by atoms with Crippen LogP contribution >= 0.6 is 15.9 Å². The van der Waals surface area contributed by atoms with Crippen molar-refractivity contribution in [1.82, 2.24) is 9.71 Å². The summed E-state index contributed by atoms with van der Waals surface area (Å²) >= 11 is 3.30. The van der Waals surface area contributed by atoms with Gasteiger partial charge in [0.15, 0.2) is 0 Å². The minimum absolute atomic E-state index is 0.0375. The van der Waals surface area contributed by atoms with Crippen molar-refractivity contribution in [3.05, 3.63) is 94.2 Å². The molecule has 0 spiro atoms. The van der Waals surface area contributed by atoms with Crippen LogP contribution < -0.4 is 9.46 Å². The zero-order valence-corrected chi connectivity index (χ0v) is 17.8. The van der Waals surface area contributed by atoms with E-state index in [4.69, 9.17) is 4.74 Å². The Morgan fingerprint density at radius 1 is 0.897 bits per heavy atom. The Kier molecular flexibility index (Phi) is 7.00. The third-order valence-corrected chi connectivity index (χ3v) is 5.76. The predicted molar refractivity (Wildman–Crippen MR) is 114 cm³/mol. The van der Waals surface area contributed by atoms with Crippen molar-refractivity contribution in [2.75, 3.05) is 0 Å². The molecule has 3 rings (SSSR count). The van der Waals surface area contributed by atoms with Gasteiger partial charge in [0.1, 0.15) is 12.4 Å². The molecule has 1 amide bonds. The Bertz CT molecular complexity index is 1050. The summed E-state index contributed by atoms with van der Waals surface area (Å²) in [6, 6.07) is 17.6. The summed E-state index contributed by atoms with van der Waals surface area (Å²) in [6.07, 6.45) is 3.36. The Morgan fingerprint density at radius 2 is 1.52 bits per heavy atom. The highest BCUT2D eigenvalue weighted by Crippen LogP contribution is 2.15. The van der Waals surface area contributed by atoms with Crippen LogP contribution in [0.3, 0.4) is 0 Å². The first-order valence-electron chi connectivity index (χ1n) is 8.78. The van der Waals surface area contributed by atoms with Gasteiger partial charge >= 0.3 is 0 Å². The van der Waals surface area contributed by atoms with Crippen molar-refractivity contribution in [3.63, 3.8) is 0 Å². The van der Waals surface area contributed by atoms with Crippen molar-refractivity contribution >= 4 is 31.9 Å². The van der Waals surface area contributed by atoms with Crippen molar-refractivity contribution < 1.29 is 17.9 Å². The molecule has 0 saturated carbocycles. The number of carbonyl (C=O) groups excluding carboxylic acids is 1. The van der Waals surface area contributed by atoms with Gasteiger partial charge in [-0.1, -0.05) is 40.2 Å². The SMILES string of the molecule is O=C(Cc1ccc(OCc2ccncc2)cc1)NS(=O)(=O)Cc1ccc(Br)cc1. The van der Waals surface area contributed by atoms with E-state index < -0.39 is 15.9 Å². The Balaban J connectivity index is 1.51. The number of rotatable bonds is 8. The number of amides is 1. The molecule has 0 saturated heterocycles. The molecule has 3 aromatic rings. The predicted octanol–water partition coefficient (Wildman–Crippen LogP) is 3.61. The van der Waals surface area contributed by atoms with Gasteiger partial charge in [-0.05, 0) is 53.1 Å². The minimum atomic E-state index is -3.76. The summed E-state index contributed by atoms with van der Waals surface area (Å²) < 4.78 is 33.0. The number of hydrogen-bond acceptors (Lipinski definition) is 5. The molecule has 0 unspecified atom stereocenters. The molecule has 0 aliphatic carbocycles. The highest BCUT2D eigenvalue weighted by atomic mass is 79.9. The number of aromatic nitrogens is 1. The number of nitrogens with zero attached hydrogens (tertiary/aromatic N) is 1. The summed E-state index contributed by atoms with van der Waals surface area (Å²) in [6.45, 7) is 0.413. The second-order valence-corrected chi connectivity index (χ2v) is 9.01. The lowest BCUT2D eigenvalue weighted by Gasteiger charge is -2.09. The molecule has 29 heavy (non-hydrogen) atoms. The van der Waals surface area contributed by atoms with Gasteiger partial charge in [-0.2, -0.15) is 0 Å². The molecule has 0 aliphatic rings. The second-order valence-electron chi connectivity index (χ2n) is 6.38. The van der Waals surface area contributed by atoms with Crippen molar-refractivity contribution in [3.8, 4) is 5.75 Å². The number of halogens is 1. The molecule has 1 N–H and O–H groups in total. The van der Waals surface area contributed by atoms with Gasteiger partial charge in [0.2, 0.25) is 15.9 Å². The number of sulfonamides is 1. The number of hydrogen-bond donors (Lipinski definition) is 1. The molecule has 8 heteroatoms. The maximum absolute atomic E-state index is 12.2. The first-order valence-corrected chi connectivity index (χ1v) is 11.2. The molecule has 0 fully saturated rings. The number of benzene rings is 2. The van der Waals surface area contributed by atoms with Crippen LogP contribution in [-0.2, 0) is 33.6 Å². The fourth-order valence-corrected chi connectivity index (χ4v) is 3.97. The van der Waals surface area contributed by atoms with E-state index in [9.17, 15) is 13.2 Å². The molecule has 150 valence electrons. The van der Waals surface area contributed by atoms with Crippen LogP contribution in [0, 0.1) is 0 Å². The molecule has 1 aromatic heterocycles. The molecule has 0 radical (unpaired) electrons. The van der Waals surface area contributed by atoms with E-state index in [1.54, 1.807) is 60.9 Å². The van der Waals surface area contributed by atoms with Gasteiger partial charge in [0.05, 0.1) is 12.2 Å². The normalized spacial score (nSPS) is 11.1. The van der Waals surface area contributed by atoms with Gasteiger partial charge in [-0.3, -0.25) is 14.5 Å². The van der Waals surface area contributed by atoms with Gasteiger partial charge < -0.3 is 4.74 Å². The van der Waals surface area contributed by atoms with Crippen LogP contribution in [0.4, 0.5) is 0 Å².